The predicted octanol–water partition coefficient (Wildman–Crippen LogP) is 9.79. The van der Waals surface area contributed by atoms with Crippen molar-refractivity contribution in [2.24, 2.45) is 0 Å². The normalized spacial score (nSPS) is 12.2. The minimum atomic E-state index is 0.282. The zero-order chi connectivity index (χ0) is 25.4. The molecule has 2 aromatic carbocycles. The maximum Gasteiger partial charge on any atom is 0.239 e. The van der Waals surface area contributed by atoms with E-state index in [1.165, 1.54) is 105 Å². The number of pyridine rings is 1. The lowest BCUT2D eigenvalue weighted by Gasteiger charge is -2.15. The van der Waals surface area contributed by atoms with Crippen molar-refractivity contribution in [3.05, 3.63) is 66.5 Å². The fraction of sp³-hybridized carbons (Fsp3) is 0.559. The van der Waals surface area contributed by atoms with Crippen LogP contribution < -0.4 is 9.57 Å². The number of hydrogen-bond donors (Lipinski definition) is 0. The SMILES string of the molecule is CCCCCCCCCCCCCCC(CCC)O[n+]1cccc(-c2cccc3ccccc23)c1C. The summed E-state index contributed by atoms with van der Waals surface area (Å²) in [6.45, 7) is 6.74. The van der Waals surface area contributed by atoms with E-state index >= 15 is 0 Å². The van der Waals surface area contributed by atoms with E-state index in [0.717, 1.165) is 19.3 Å². The Labute approximate surface area is 221 Å². The molecule has 1 heterocycles. The van der Waals surface area contributed by atoms with Crippen molar-refractivity contribution in [2.75, 3.05) is 0 Å². The second kappa shape index (κ2) is 16.4. The van der Waals surface area contributed by atoms with E-state index in [4.69, 9.17) is 4.84 Å². The summed E-state index contributed by atoms with van der Waals surface area (Å²) in [7, 11) is 0. The Balaban J connectivity index is 1.46. The van der Waals surface area contributed by atoms with Crippen molar-refractivity contribution in [3.8, 4) is 11.1 Å². The fourth-order valence-corrected chi connectivity index (χ4v) is 5.37. The van der Waals surface area contributed by atoms with E-state index in [-0.39, 0.29) is 6.10 Å². The maximum absolute atomic E-state index is 6.58. The number of hydrogen-bond acceptors (Lipinski definition) is 1. The molecule has 0 fully saturated rings. The highest BCUT2D eigenvalue weighted by Gasteiger charge is 2.20. The molecule has 0 spiro atoms. The molecule has 0 aliphatic heterocycles. The van der Waals surface area contributed by atoms with Gasteiger partial charge in [-0.1, -0.05) is 133 Å². The monoisotopic (exact) mass is 488 g/mol. The molecular formula is C34H50NO+. The first kappa shape index (κ1) is 28.2. The topological polar surface area (TPSA) is 13.1 Å². The highest BCUT2D eigenvalue weighted by Crippen LogP contribution is 2.29. The van der Waals surface area contributed by atoms with Crippen LogP contribution in [0.3, 0.4) is 0 Å². The summed E-state index contributed by atoms with van der Waals surface area (Å²) in [5.74, 6) is 0. The van der Waals surface area contributed by atoms with Crippen LogP contribution in [0.1, 0.15) is 116 Å². The van der Waals surface area contributed by atoms with Gasteiger partial charge in [0.15, 0.2) is 6.10 Å². The molecular weight excluding hydrogens is 438 g/mol. The molecule has 0 N–H and O–H groups in total. The van der Waals surface area contributed by atoms with Gasteiger partial charge < -0.3 is 0 Å². The Morgan fingerprint density at radius 3 is 1.92 bits per heavy atom. The van der Waals surface area contributed by atoms with Gasteiger partial charge in [-0.15, -0.1) is 0 Å². The lowest BCUT2D eigenvalue weighted by atomic mass is 9.97. The minimum Gasteiger partial charge on any atom is -0.268 e. The molecule has 3 rings (SSSR count). The van der Waals surface area contributed by atoms with E-state index in [9.17, 15) is 0 Å². The number of nitrogens with zero attached hydrogens (tertiary/aromatic N) is 1. The van der Waals surface area contributed by atoms with E-state index in [2.05, 4.69) is 81.6 Å². The third kappa shape index (κ3) is 8.95. The van der Waals surface area contributed by atoms with E-state index in [1.807, 2.05) is 4.73 Å². The Hall–Kier alpha value is -2.35. The van der Waals surface area contributed by atoms with E-state index in [1.54, 1.807) is 0 Å². The van der Waals surface area contributed by atoms with Gasteiger partial charge in [0.2, 0.25) is 11.9 Å². The van der Waals surface area contributed by atoms with Crippen LogP contribution in [0, 0.1) is 6.92 Å². The lowest BCUT2D eigenvalue weighted by Crippen LogP contribution is -2.50. The molecule has 1 atom stereocenters. The molecule has 1 aromatic heterocycles. The van der Waals surface area contributed by atoms with Crippen LogP contribution in [0.4, 0.5) is 0 Å². The lowest BCUT2D eigenvalue weighted by molar-refractivity contribution is -0.902. The number of benzene rings is 2. The van der Waals surface area contributed by atoms with Gasteiger partial charge in [0.25, 0.3) is 0 Å². The van der Waals surface area contributed by atoms with Gasteiger partial charge >= 0.3 is 0 Å². The molecule has 0 aliphatic rings. The maximum atomic E-state index is 6.58. The van der Waals surface area contributed by atoms with Crippen molar-refractivity contribution in [3.63, 3.8) is 0 Å². The number of unbranched alkanes of at least 4 members (excludes halogenated alkanes) is 11. The molecule has 0 bridgehead atoms. The highest BCUT2D eigenvalue weighted by molar-refractivity contribution is 5.96. The third-order valence-electron chi connectivity index (χ3n) is 7.54. The van der Waals surface area contributed by atoms with Crippen LogP contribution >= 0.6 is 0 Å². The smallest absolute Gasteiger partial charge is 0.239 e. The highest BCUT2D eigenvalue weighted by atomic mass is 16.7. The first-order chi connectivity index (χ1) is 17.7. The first-order valence-corrected chi connectivity index (χ1v) is 14.9. The summed E-state index contributed by atoms with van der Waals surface area (Å²) in [6.07, 6.45) is 22.5. The minimum absolute atomic E-state index is 0.282. The molecule has 36 heavy (non-hydrogen) atoms. The van der Waals surface area contributed by atoms with Crippen molar-refractivity contribution in [1.29, 1.82) is 0 Å². The van der Waals surface area contributed by atoms with Gasteiger partial charge in [0.1, 0.15) is 0 Å². The van der Waals surface area contributed by atoms with Crippen LogP contribution in [-0.4, -0.2) is 6.10 Å². The van der Waals surface area contributed by atoms with Gasteiger partial charge in [-0.2, -0.15) is 0 Å². The van der Waals surface area contributed by atoms with Crippen LogP contribution in [0.15, 0.2) is 60.8 Å². The molecule has 0 saturated heterocycles. The van der Waals surface area contributed by atoms with Gasteiger partial charge in [-0.25, -0.2) is 0 Å². The molecule has 2 heteroatoms. The Morgan fingerprint density at radius 2 is 1.22 bits per heavy atom. The zero-order valence-corrected chi connectivity index (χ0v) is 23.3. The fourth-order valence-electron chi connectivity index (χ4n) is 5.37. The van der Waals surface area contributed by atoms with Crippen LogP contribution in [0.2, 0.25) is 0 Å². The van der Waals surface area contributed by atoms with Gasteiger partial charge in [-0.3, -0.25) is 4.84 Å². The number of aromatic nitrogens is 1. The summed E-state index contributed by atoms with van der Waals surface area (Å²) >= 11 is 0. The number of rotatable bonds is 18. The quantitative estimate of drug-likeness (QED) is 0.128. The van der Waals surface area contributed by atoms with Crippen molar-refractivity contribution in [1.82, 2.24) is 0 Å². The third-order valence-corrected chi connectivity index (χ3v) is 7.54. The molecule has 196 valence electrons. The molecule has 3 aromatic rings. The van der Waals surface area contributed by atoms with Gasteiger partial charge in [0, 0.05) is 17.7 Å². The van der Waals surface area contributed by atoms with Crippen molar-refractivity contribution >= 4 is 10.8 Å². The first-order valence-electron chi connectivity index (χ1n) is 14.9. The van der Waals surface area contributed by atoms with Crippen LogP contribution in [0.5, 0.6) is 0 Å². The second-order valence-corrected chi connectivity index (χ2v) is 10.6. The average molecular weight is 489 g/mol. The number of fused-ring (bicyclic) bond motifs is 1. The summed E-state index contributed by atoms with van der Waals surface area (Å²) in [5.41, 5.74) is 3.69. The average Bonchev–Trinajstić information content (AvgIpc) is 2.90. The molecule has 0 amide bonds. The Kier molecular flexibility index (Phi) is 12.9. The Bertz CT molecular complexity index is 1010. The molecule has 0 radical (unpaired) electrons. The summed E-state index contributed by atoms with van der Waals surface area (Å²) in [4.78, 5) is 6.58. The Morgan fingerprint density at radius 1 is 0.611 bits per heavy atom. The van der Waals surface area contributed by atoms with E-state index in [0.29, 0.717) is 0 Å². The predicted molar refractivity (Wildman–Crippen MR) is 155 cm³/mol. The van der Waals surface area contributed by atoms with Gasteiger partial charge in [-0.05, 0) is 41.7 Å². The van der Waals surface area contributed by atoms with Gasteiger partial charge in [0.05, 0.1) is 5.56 Å². The zero-order valence-electron chi connectivity index (χ0n) is 23.3. The van der Waals surface area contributed by atoms with E-state index < -0.39 is 0 Å². The van der Waals surface area contributed by atoms with Crippen molar-refractivity contribution < 1.29 is 9.57 Å². The molecule has 0 saturated carbocycles. The standard InChI is InChI=1S/C34H50NO/c1-4-6-7-8-9-10-11-12-13-14-15-16-24-31(21-5-2)36-35-28-20-27-32(29(35)3)34-26-19-23-30-22-17-18-25-33(30)34/h17-20,22-23,25-28,31H,4-16,21,24H2,1-3H3/q+1. The second-order valence-electron chi connectivity index (χ2n) is 10.6. The summed E-state index contributed by atoms with van der Waals surface area (Å²) < 4.78 is 2.03. The largest absolute Gasteiger partial charge is 0.268 e. The molecule has 1 unspecified atom stereocenters. The van der Waals surface area contributed by atoms with Crippen molar-refractivity contribution in [2.45, 2.75) is 123 Å². The summed E-state index contributed by atoms with van der Waals surface area (Å²) in [5, 5.41) is 2.57. The van der Waals surface area contributed by atoms with Crippen LogP contribution in [-0.2, 0) is 0 Å². The summed E-state index contributed by atoms with van der Waals surface area (Å²) in [6, 6.07) is 19.6. The van der Waals surface area contributed by atoms with Crippen LogP contribution in [0.25, 0.3) is 21.9 Å². The molecule has 2 nitrogen and oxygen atoms in total. The molecule has 0 aliphatic carbocycles.